The number of carboxylic acid groups (broad SMARTS) is 1. The van der Waals surface area contributed by atoms with E-state index in [4.69, 9.17) is 20.4 Å². The first-order valence-corrected chi connectivity index (χ1v) is 10.1. The number of benzene rings is 1. The van der Waals surface area contributed by atoms with E-state index >= 15 is 0 Å². The normalized spacial score (nSPS) is 15.5. The number of anilines is 2. The van der Waals surface area contributed by atoms with Crippen LogP contribution in [-0.4, -0.2) is 56.7 Å². The SMILES string of the molecule is CCOc1ccc2nc(N3CC(C(=O)NCc4nc(N)n[nH]4)CC3=O)sc2c1.O=CO. The molecule has 1 aromatic carbocycles. The topological polar surface area (TPSA) is 176 Å². The number of aromatic nitrogens is 4. The van der Waals surface area contributed by atoms with E-state index < -0.39 is 5.92 Å². The largest absolute Gasteiger partial charge is 0.494 e. The highest BCUT2D eigenvalue weighted by Gasteiger charge is 2.36. The van der Waals surface area contributed by atoms with E-state index in [1.807, 2.05) is 25.1 Å². The van der Waals surface area contributed by atoms with Gasteiger partial charge in [-0.3, -0.25) is 24.4 Å². The van der Waals surface area contributed by atoms with Crippen LogP contribution < -0.4 is 20.7 Å². The third-order valence-corrected chi connectivity index (χ3v) is 5.41. The van der Waals surface area contributed by atoms with Gasteiger partial charge in [-0.15, -0.1) is 5.10 Å². The first-order valence-electron chi connectivity index (χ1n) is 9.31. The number of nitrogens with two attached hydrogens (primary N) is 1. The third kappa shape index (κ3) is 5.25. The van der Waals surface area contributed by atoms with Crippen molar-refractivity contribution in [3.63, 3.8) is 0 Å². The number of rotatable bonds is 6. The number of hydrogen-bond acceptors (Lipinski definition) is 9. The van der Waals surface area contributed by atoms with E-state index in [0.29, 0.717) is 24.1 Å². The third-order valence-electron chi connectivity index (χ3n) is 4.37. The zero-order valence-electron chi connectivity index (χ0n) is 16.6. The summed E-state index contributed by atoms with van der Waals surface area (Å²) in [4.78, 5) is 43.3. The second-order valence-electron chi connectivity index (χ2n) is 6.43. The van der Waals surface area contributed by atoms with Gasteiger partial charge in [-0.1, -0.05) is 11.3 Å². The van der Waals surface area contributed by atoms with Crippen LogP contribution in [0.15, 0.2) is 18.2 Å². The number of nitrogen functional groups attached to an aromatic ring is 1. The van der Waals surface area contributed by atoms with Crippen LogP contribution in [0.2, 0.25) is 0 Å². The van der Waals surface area contributed by atoms with Crippen LogP contribution in [0, 0.1) is 5.92 Å². The highest BCUT2D eigenvalue weighted by atomic mass is 32.1. The fraction of sp³-hybridized carbons (Fsp3) is 0.333. The Labute approximate surface area is 180 Å². The molecule has 31 heavy (non-hydrogen) atoms. The molecule has 0 aliphatic carbocycles. The number of H-pyrrole nitrogens is 1. The summed E-state index contributed by atoms with van der Waals surface area (Å²) in [6, 6.07) is 5.63. The summed E-state index contributed by atoms with van der Waals surface area (Å²) in [6.07, 6.45) is 0.143. The van der Waals surface area contributed by atoms with Crippen LogP contribution in [0.4, 0.5) is 11.1 Å². The van der Waals surface area contributed by atoms with Gasteiger partial charge in [-0.05, 0) is 25.1 Å². The number of hydrogen-bond donors (Lipinski definition) is 4. The summed E-state index contributed by atoms with van der Waals surface area (Å²) in [7, 11) is 0. The molecule has 2 amide bonds. The standard InChI is InChI=1S/C17H19N7O3S.CH2O2/c1-2-27-10-3-4-11-12(6-10)28-17(20-11)24-8-9(5-14(24)25)15(26)19-7-13-21-16(18)23-22-13;2-1-3/h3-4,6,9H,2,5,7-8H2,1H3,(H,19,26)(H3,18,21,22,23);1H,(H,2,3). The molecule has 0 spiro atoms. The molecule has 12 nitrogen and oxygen atoms in total. The van der Waals surface area contributed by atoms with E-state index in [9.17, 15) is 9.59 Å². The maximum Gasteiger partial charge on any atom is 0.290 e. The van der Waals surface area contributed by atoms with E-state index in [1.54, 1.807) is 4.90 Å². The number of aromatic amines is 1. The Morgan fingerprint density at radius 3 is 2.94 bits per heavy atom. The molecule has 1 aliphatic heterocycles. The lowest BCUT2D eigenvalue weighted by molar-refractivity contribution is -0.126. The number of nitrogens with zero attached hydrogens (tertiary/aromatic N) is 4. The van der Waals surface area contributed by atoms with Gasteiger partial charge < -0.3 is 20.9 Å². The second-order valence-corrected chi connectivity index (χ2v) is 7.44. The lowest BCUT2D eigenvalue weighted by Gasteiger charge is -2.12. The monoisotopic (exact) mass is 447 g/mol. The van der Waals surface area contributed by atoms with Crippen molar-refractivity contribution >= 4 is 50.9 Å². The maximum atomic E-state index is 12.5. The number of nitrogens with one attached hydrogen (secondary N) is 2. The summed E-state index contributed by atoms with van der Waals surface area (Å²) in [6.45, 7) is 2.73. The molecule has 2 aromatic heterocycles. The molecule has 3 aromatic rings. The number of amides is 2. The zero-order valence-corrected chi connectivity index (χ0v) is 17.4. The molecule has 1 unspecified atom stereocenters. The first kappa shape index (κ1) is 22.0. The summed E-state index contributed by atoms with van der Waals surface area (Å²) >= 11 is 1.41. The Balaban J connectivity index is 0.000000858. The van der Waals surface area contributed by atoms with E-state index in [-0.39, 0.29) is 37.2 Å². The molecule has 1 saturated heterocycles. The average Bonchev–Trinajstić information content (AvgIpc) is 3.44. The molecule has 4 rings (SSSR count). The second kappa shape index (κ2) is 9.84. The highest BCUT2D eigenvalue weighted by molar-refractivity contribution is 7.22. The molecular weight excluding hydrogens is 426 g/mol. The molecule has 5 N–H and O–H groups in total. The number of ether oxygens (including phenoxy) is 1. The lowest BCUT2D eigenvalue weighted by atomic mass is 10.1. The van der Waals surface area contributed by atoms with Crippen LogP contribution in [0.25, 0.3) is 10.2 Å². The molecule has 0 bridgehead atoms. The van der Waals surface area contributed by atoms with Gasteiger partial charge in [0.15, 0.2) is 5.13 Å². The van der Waals surface area contributed by atoms with Crippen LogP contribution in [0.1, 0.15) is 19.2 Å². The molecule has 13 heteroatoms. The van der Waals surface area contributed by atoms with Crippen molar-refractivity contribution in [3.05, 3.63) is 24.0 Å². The molecular formula is C18H21N7O5S. The van der Waals surface area contributed by atoms with E-state index in [1.165, 1.54) is 11.3 Å². The average molecular weight is 447 g/mol. The molecule has 0 saturated carbocycles. The smallest absolute Gasteiger partial charge is 0.290 e. The van der Waals surface area contributed by atoms with Crippen LogP contribution in [-0.2, 0) is 20.9 Å². The van der Waals surface area contributed by atoms with Crippen molar-refractivity contribution < 1.29 is 24.2 Å². The Kier molecular flexibility index (Phi) is 6.97. The van der Waals surface area contributed by atoms with Crippen molar-refractivity contribution in [2.45, 2.75) is 19.9 Å². The van der Waals surface area contributed by atoms with Gasteiger partial charge >= 0.3 is 0 Å². The Morgan fingerprint density at radius 2 is 2.26 bits per heavy atom. The van der Waals surface area contributed by atoms with Gasteiger partial charge in [0.25, 0.3) is 6.47 Å². The van der Waals surface area contributed by atoms with Crippen molar-refractivity contribution in [1.29, 1.82) is 0 Å². The maximum absolute atomic E-state index is 12.5. The van der Waals surface area contributed by atoms with Crippen molar-refractivity contribution in [1.82, 2.24) is 25.5 Å². The van der Waals surface area contributed by atoms with Gasteiger partial charge in [0.1, 0.15) is 11.6 Å². The highest BCUT2D eigenvalue weighted by Crippen LogP contribution is 2.34. The van der Waals surface area contributed by atoms with E-state index in [2.05, 4.69) is 25.5 Å². The Morgan fingerprint density at radius 1 is 1.48 bits per heavy atom. The van der Waals surface area contributed by atoms with Crippen LogP contribution in [0.5, 0.6) is 5.75 Å². The molecule has 1 atom stereocenters. The zero-order chi connectivity index (χ0) is 22.4. The molecule has 1 aliphatic rings. The van der Waals surface area contributed by atoms with Gasteiger partial charge in [0.05, 0.1) is 29.3 Å². The minimum atomic E-state index is -0.446. The number of carbonyl (C=O) groups is 3. The lowest BCUT2D eigenvalue weighted by Crippen LogP contribution is -2.32. The molecule has 3 heterocycles. The van der Waals surface area contributed by atoms with Gasteiger partial charge in [-0.25, -0.2) is 4.98 Å². The number of carbonyl (C=O) groups excluding carboxylic acids is 2. The predicted molar refractivity (Wildman–Crippen MR) is 113 cm³/mol. The van der Waals surface area contributed by atoms with Gasteiger partial charge in [0.2, 0.25) is 17.8 Å². The van der Waals surface area contributed by atoms with Crippen molar-refractivity contribution in [2.75, 3.05) is 23.8 Å². The molecule has 1 fully saturated rings. The fourth-order valence-electron chi connectivity index (χ4n) is 3.04. The first-order chi connectivity index (χ1) is 14.9. The molecule has 164 valence electrons. The van der Waals surface area contributed by atoms with Crippen LogP contribution >= 0.6 is 11.3 Å². The summed E-state index contributed by atoms with van der Waals surface area (Å²) in [5.41, 5.74) is 6.23. The Hall–Kier alpha value is -3.74. The Bertz CT molecular complexity index is 1080. The van der Waals surface area contributed by atoms with Gasteiger partial charge in [0, 0.05) is 13.0 Å². The minimum absolute atomic E-state index is 0.117. The quantitative estimate of drug-likeness (QED) is 0.397. The van der Waals surface area contributed by atoms with Crippen molar-refractivity contribution in [3.8, 4) is 5.75 Å². The van der Waals surface area contributed by atoms with Gasteiger partial charge in [-0.2, -0.15) is 4.98 Å². The predicted octanol–water partition coefficient (Wildman–Crippen LogP) is 0.765. The number of thiazole rings is 1. The summed E-state index contributed by atoms with van der Waals surface area (Å²) < 4.78 is 6.44. The summed E-state index contributed by atoms with van der Waals surface area (Å²) in [5.74, 6) is 0.568. The van der Waals surface area contributed by atoms with E-state index in [0.717, 1.165) is 16.0 Å². The minimum Gasteiger partial charge on any atom is -0.494 e. The molecule has 0 radical (unpaired) electrons. The number of fused-ring (bicyclic) bond motifs is 1. The summed E-state index contributed by atoms with van der Waals surface area (Å²) in [5, 5.41) is 16.6. The fourth-order valence-corrected chi connectivity index (χ4v) is 4.06. The van der Waals surface area contributed by atoms with Crippen molar-refractivity contribution in [2.24, 2.45) is 5.92 Å². The van der Waals surface area contributed by atoms with Crippen LogP contribution in [0.3, 0.4) is 0 Å².